The summed E-state index contributed by atoms with van der Waals surface area (Å²) in [6, 6.07) is 0. The first-order valence-electron chi connectivity index (χ1n) is 2.34. The Hall–Kier alpha value is -0.840. The summed E-state index contributed by atoms with van der Waals surface area (Å²) >= 11 is 1.45. The zero-order valence-electron chi connectivity index (χ0n) is 4.90. The third-order valence-corrected chi connectivity index (χ3v) is 1.07. The Balaban J connectivity index is 2.61. The van der Waals surface area contributed by atoms with Crippen LogP contribution in [-0.2, 0) is 0 Å². The molecule has 0 amide bonds. The van der Waals surface area contributed by atoms with Crippen molar-refractivity contribution in [3.8, 4) is 0 Å². The molecule has 1 rings (SSSR count). The Morgan fingerprint density at radius 1 is 1.44 bits per heavy atom. The topological polar surface area (TPSA) is 50.7 Å². The van der Waals surface area contributed by atoms with Crippen molar-refractivity contribution >= 4 is 17.9 Å². The molecule has 0 saturated heterocycles. The standard InChI is InChI=1S/C4H6N4S/c1-9-8-4-6-2-5-3-7-4/h2-3H,1H3,(H,5,6,7,8). The second kappa shape index (κ2) is 3.24. The van der Waals surface area contributed by atoms with E-state index < -0.39 is 0 Å². The van der Waals surface area contributed by atoms with Crippen LogP contribution in [0, 0.1) is 0 Å². The third kappa shape index (κ3) is 1.85. The lowest BCUT2D eigenvalue weighted by Gasteiger charge is -1.94. The molecule has 1 aromatic heterocycles. The molecule has 9 heavy (non-hydrogen) atoms. The van der Waals surface area contributed by atoms with Gasteiger partial charge in [0.1, 0.15) is 12.7 Å². The summed E-state index contributed by atoms with van der Waals surface area (Å²) in [4.78, 5) is 11.3. The fraction of sp³-hybridized carbons (Fsp3) is 0.250. The summed E-state index contributed by atoms with van der Waals surface area (Å²) in [5.74, 6) is 0.595. The second-order valence-electron chi connectivity index (χ2n) is 1.27. The van der Waals surface area contributed by atoms with Crippen LogP contribution in [0.3, 0.4) is 0 Å². The summed E-state index contributed by atoms with van der Waals surface area (Å²) in [5, 5.41) is 0. The van der Waals surface area contributed by atoms with E-state index in [0.29, 0.717) is 5.95 Å². The van der Waals surface area contributed by atoms with Crippen LogP contribution in [0.2, 0.25) is 0 Å². The lowest BCUT2D eigenvalue weighted by molar-refractivity contribution is 1.06. The number of nitrogens with zero attached hydrogens (tertiary/aromatic N) is 3. The van der Waals surface area contributed by atoms with Gasteiger partial charge in [0.05, 0.1) is 0 Å². The second-order valence-corrected chi connectivity index (χ2v) is 1.88. The van der Waals surface area contributed by atoms with Crippen LogP contribution in [0.4, 0.5) is 5.95 Å². The van der Waals surface area contributed by atoms with Gasteiger partial charge in [0.15, 0.2) is 0 Å². The van der Waals surface area contributed by atoms with Gasteiger partial charge in [0, 0.05) is 6.26 Å². The minimum atomic E-state index is 0.595. The zero-order valence-corrected chi connectivity index (χ0v) is 5.72. The molecule has 1 heterocycles. The molecule has 5 heteroatoms. The number of rotatable bonds is 2. The van der Waals surface area contributed by atoms with Gasteiger partial charge in [-0.15, -0.1) is 0 Å². The van der Waals surface area contributed by atoms with Gasteiger partial charge in [0.2, 0.25) is 5.95 Å². The summed E-state index contributed by atoms with van der Waals surface area (Å²) in [6.45, 7) is 0. The minimum Gasteiger partial charge on any atom is -0.298 e. The summed E-state index contributed by atoms with van der Waals surface area (Å²) < 4.78 is 2.86. The molecule has 0 aromatic carbocycles. The predicted octanol–water partition coefficient (Wildman–Crippen LogP) is 0.561. The molecule has 0 saturated carbocycles. The fourth-order valence-corrected chi connectivity index (χ4v) is 0.671. The summed E-state index contributed by atoms with van der Waals surface area (Å²) in [7, 11) is 0. The Morgan fingerprint density at radius 2 is 2.11 bits per heavy atom. The van der Waals surface area contributed by atoms with Gasteiger partial charge in [-0.25, -0.2) is 15.0 Å². The highest BCUT2D eigenvalue weighted by atomic mass is 32.2. The highest BCUT2D eigenvalue weighted by molar-refractivity contribution is 7.99. The molecule has 0 aliphatic heterocycles. The summed E-state index contributed by atoms with van der Waals surface area (Å²) in [5.41, 5.74) is 0. The van der Waals surface area contributed by atoms with Gasteiger partial charge in [-0.05, 0) is 0 Å². The molecule has 0 spiro atoms. The maximum absolute atomic E-state index is 3.81. The molecule has 4 nitrogen and oxygen atoms in total. The average molecular weight is 142 g/mol. The number of nitrogens with one attached hydrogen (secondary N) is 1. The maximum Gasteiger partial charge on any atom is 0.235 e. The first-order valence-corrected chi connectivity index (χ1v) is 3.57. The van der Waals surface area contributed by atoms with E-state index in [0.717, 1.165) is 0 Å². The molecule has 0 fully saturated rings. The Morgan fingerprint density at radius 3 is 2.67 bits per heavy atom. The van der Waals surface area contributed by atoms with E-state index in [-0.39, 0.29) is 0 Å². The predicted molar refractivity (Wildman–Crippen MR) is 37.0 cm³/mol. The van der Waals surface area contributed by atoms with E-state index in [2.05, 4.69) is 19.7 Å². The Kier molecular flexibility index (Phi) is 2.26. The van der Waals surface area contributed by atoms with Crippen molar-refractivity contribution in [3.05, 3.63) is 12.7 Å². The molecule has 48 valence electrons. The van der Waals surface area contributed by atoms with E-state index in [1.165, 1.54) is 24.6 Å². The van der Waals surface area contributed by atoms with Gasteiger partial charge < -0.3 is 0 Å². The lowest BCUT2D eigenvalue weighted by atomic mass is 11.0. The van der Waals surface area contributed by atoms with Crippen molar-refractivity contribution < 1.29 is 0 Å². The van der Waals surface area contributed by atoms with Gasteiger partial charge >= 0.3 is 0 Å². The smallest absolute Gasteiger partial charge is 0.235 e. The van der Waals surface area contributed by atoms with Crippen molar-refractivity contribution in [2.24, 2.45) is 0 Å². The molecule has 0 aliphatic rings. The van der Waals surface area contributed by atoms with Gasteiger partial charge in [-0.3, -0.25) is 4.72 Å². The van der Waals surface area contributed by atoms with Crippen molar-refractivity contribution in [2.45, 2.75) is 0 Å². The molecule has 0 atom stereocenters. The highest BCUT2D eigenvalue weighted by Crippen LogP contribution is 1.98. The SMILES string of the molecule is CSNc1ncncn1. The molecule has 0 bridgehead atoms. The Labute approximate surface area is 57.3 Å². The van der Waals surface area contributed by atoms with Crippen LogP contribution in [0.15, 0.2) is 12.7 Å². The third-order valence-electron chi connectivity index (χ3n) is 0.687. The van der Waals surface area contributed by atoms with Crippen molar-refractivity contribution in [2.75, 3.05) is 11.0 Å². The molecule has 1 aromatic rings. The minimum absolute atomic E-state index is 0.595. The quantitative estimate of drug-likeness (QED) is 0.611. The number of anilines is 1. The largest absolute Gasteiger partial charge is 0.298 e. The average Bonchev–Trinajstić information content (AvgIpc) is 1.91. The molecular formula is C4H6N4S. The number of hydrogen-bond donors (Lipinski definition) is 1. The van der Waals surface area contributed by atoms with E-state index in [4.69, 9.17) is 0 Å². The summed E-state index contributed by atoms with van der Waals surface area (Å²) in [6.07, 6.45) is 4.81. The fourth-order valence-electron chi connectivity index (χ4n) is 0.383. The van der Waals surface area contributed by atoms with Crippen LogP contribution in [0.5, 0.6) is 0 Å². The first kappa shape index (κ1) is 6.28. The lowest BCUT2D eigenvalue weighted by Crippen LogP contribution is -1.92. The van der Waals surface area contributed by atoms with E-state index in [9.17, 15) is 0 Å². The Bertz CT molecular complexity index is 165. The van der Waals surface area contributed by atoms with Crippen LogP contribution in [0.25, 0.3) is 0 Å². The number of aromatic nitrogens is 3. The van der Waals surface area contributed by atoms with Crippen LogP contribution >= 0.6 is 11.9 Å². The highest BCUT2D eigenvalue weighted by Gasteiger charge is 1.86. The van der Waals surface area contributed by atoms with Gasteiger partial charge in [-0.2, -0.15) is 0 Å². The monoisotopic (exact) mass is 142 g/mol. The van der Waals surface area contributed by atoms with Crippen LogP contribution in [0.1, 0.15) is 0 Å². The normalized spacial score (nSPS) is 9.00. The number of hydrogen-bond acceptors (Lipinski definition) is 5. The molecule has 0 unspecified atom stereocenters. The first-order chi connectivity index (χ1) is 4.43. The van der Waals surface area contributed by atoms with E-state index in [1.807, 2.05) is 6.26 Å². The van der Waals surface area contributed by atoms with E-state index >= 15 is 0 Å². The van der Waals surface area contributed by atoms with Gasteiger partial charge in [0.25, 0.3) is 0 Å². The van der Waals surface area contributed by atoms with Crippen LogP contribution < -0.4 is 4.72 Å². The van der Waals surface area contributed by atoms with Crippen molar-refractivity contribution in [3.63, 3.8) is 0 Å². The van der Waals surface area contributed by atoms with Crippen molar-refractivity contribution in [1.29, 1.82) is 0 Å². The van der Waals surface area contributed by atoms with Crippen LogP contribution in [-0.4, -0.2) is 21.2 Å². The van der Waals surface area contributed by atoms with E-state index in [1.54, 1.807) is 0 Å². The molecule has 0 aliphatic carbocycles. The van der Waals surface area contributed by atoms with Crippen molar-refractivity contribution in [1.82, 2.24) is 15.0 Å². The maximum atomic E-state index is 3.81. The van der Waals surface area contributed by atoms with Gasteiger partial charge in [-0.1, -0.05) is 11.9 Å². The molecular weight excluding hydrogens is 136 g/mol. The molecule has 0 radical (unpaired) electrons. The molecule has 1 N–H and O–H groups in total. The zero-order chi connectivity index (χ0) is 6.53.